The highest BCUT2D eigenvalue weighted by molar-refractivity contribution is 5.90. The molecule has 28 heavy (non-hydrogen) atoms. The molecule has 0 atom stereocenters. The monoisotopic (exact) mass is 374 g/mol. The van der Waals surface area contributed by atoms with E-state index in [1.165, 1.54) is 0 Å². The molecule has 0 aliphatic carbocycles. The molecule has 4 nitrogen and oxygen atoms in total. The minimum absolute atomic E-state index is 0.00684. The third kappa shape index (κ3) is 4.97. The van der Waals surface area contributed by atoms with E-state index in [9.17, 15) is 9.59 Å². The van der Waals surface area contributed by atoms with Crippen molar-refractivity contribution >= 4 is 11.6 Å². The molecule has 0 radical (unpaired) electrons. The van der Waals surface area contributed by atoms with Crippen LogP contribution in [-0.2, 0) is 17.6 Å². The van der Waals surface area contributed by atoms with Crippen molar-refractivity contribution < 1.29 is 4.79 Å². The maximum atomic E-state index is 13.0. The van der Waals surface area contributed by atoms with E-state index in [1.807, 2.05) is 68.4 Å². The summed E-state index contributed by atoms with van der Waals surface area (Å²) >= 11 is 0. The topological polar surface area (TPSA) is 51.1 Å². The zero-order chi connectivity index (χ0) is 19.9. The van der Waals surface area contributed by atoms with Gasteiger partial charge in [0.1, 0.15) is 5.69 Å². The second-order valence-corrected chi connectivity index (χ2v) is 7.20. The zero-order valence-electron chi connectivity index (χ0n) is 16.4. The number of nitrogens with one attached hydrogen (secondary N) is 1. The van der Waals surface area contributed by atoms with Gasteiger partial charge in [-0.05, 0) is 43.5 Å². The number of hydrogen-bond donors (Lipinski definition) is 1. The van der Waals surface area contributed by atoms with Gasteiger partial charge in [-0.2, -0.15) is 0 Å². The molecule has 2 aromatic carbocycles. The first kappa shape index (κ1) is 19.6. The number of aromatic nitrogens is 1. The second kappa shape index (κ2) is 9.18. The Bertz CT molecular complexity index is 976. The first-order chi connectivity index (χ1) is 13.5. The third-order valence-corrected chi connectivity index (χ3v) is 4.70. The van der Waals surface area contributed by atoms with E-state index in [2.05, 4.69) is 17.4 Å². The lowest BCUT2D eigenvalue weighted by molar-refractivity contribution is -0.116. The van der Waals surface area contributed by atoms with E-state index in [4.69, 9.17) is 0 Å². The van der Waals surface area contributed by atoms with Crippen molar-refractivity contribution in [3.63, 3.8) is 0 Å². The molecule has 0 fully saturated rings. The normalized spacial score (nSPS) is 10.8. The Morgan fingerprint density at radius 1 is 0.893 bits per heavy atom. The number of rotatable bonds is 7. The van der Waals surface area contributed by atoms with E-state index in [-0.39, 0.29) is 17.5 Å². The number of carbonyl (C=O) groups excluding carboxylic acids is 1. The van der Waals surface area contributed by atoms with Crippen molar-refractivity contribution in [3.05, 3.63) is 100.0 Å². The molecule has 1 amide bonds. The zero-order valence-corrected chi connectivity index (χ0v) is 16.4. The lowest BCUT2D eigenvalue weighted by Gasteiger charge is -2.18. The maximum absolute atomic E-state index is 13.0. The number of hydrogen-bond acceptors (Lipinski definition) is 2. The van der Waals surface area contributed by atoms with Gasteiger partial charge in [-0.15, -0.1) is 0 Å². The van der Waals surface area contributed by atoms with Gasteiger partial charge in [0.05, 0.1) is 0 Å². The van der Waals surface area contributed by atoms with Gasteiger partial charge in [0.15, 0.2) is 0 Å². The van der Waals surface area contributed by atoms with E-state index in [0.717, 1.165) is 16.8 Å². The van der Waals surface area contributed by atoms with Crippen molar-refractivity contribution in [1.29, 1.82) is 0 Å². The fourth-order valence-electron chi connectivity index (χ4n) is 3.32. The van der Waals surface area contributed by atoms with Crippen LogP contribution in [0.5, 0.6) is 0 Å². The van der Waals surface area contributed by atoms with Gasteiger partial charge < -0.3 is 9.88 Å². The standard InChI is InChI=1S/C24H26N2O2/c1-18(2)26-21(17-20-11-7-4-8-12-20)14-15-22(24(26)28)25-23(27)16-13-19-9-5-3-6-10-19/h3-12,14-15,18H,13,16-17H2,1-2H3,(H,25,27). The fraction of sp³-hybridized carbons (Fsp3) is 0.250. The average Bonchev–Trinajstić information content (AvgIpc) is 2.70. The Morgan fingerprint density at radius 2 is 1.50 bits per heavy atom. The molecule has 1 heterocycles. The van der Waals surface area contributed by atoms with Gasteiger partial charge in [0.2, 0.25) is 5.91 Å². The molecule has 0 aliphatic rings. The van der Waals surface area contributed by atoms with Crippen LogP contribution in [0.3, 0.4) is 0 Å². The Kier molecular flexibility index (Phi) is 6.43. The van der Waals surface area contributed by atoms with Crippen molar-refractivity contribution in [2.24, 2.45) is 0 Å². The van der Waals surface area contributed by atoms with Crippen LogP contribution in [0.2, 0.25) is 0 Å². The molecule has 0 unspecified atom stereocenters. The number of anilines is 1. The predicted octanol–water partition coefficient (Wildman–Crippen LogP) is 4.59. The summed E-state index contributed by atoms with van der Waals surface area (Å²) in [5, 5.41) is 2.79. The Labute approximate surface area is 165 Å². The molecule has 144 valence electrons. The van der Waals surface area contributed by atoms with E-state index < -0.39 is 0 Å². The molecule has 1 aromatic heterocycles. The van der Waals surface area contributed by atoms with Gasteiger partial charge >= 0.3 is 0 Å². The molecule has 0 aliphatic heterocycles. The van der Waals surface area contributed by atoms with E-state index >= 15 is 0 Å². The number of amides is 1. The summed E-state index contributed by atoms with van der Waals surface area (Å²) in [6.45, 7) is 3.97. The van der Waals surface area contributed by atoms with Crippen LogP contribution in [0.4, 0.5) is 5.69 Å². The van der Waals surface area contributed by atoms with Crippen LogP contribution >= 0.6 is 0 Å². The Morgan fingerprint density at radius 3 is 2.11 bits per heavy atom. The molecule has 0 bridgehead atoms. The summed E-state index contributed by atoms with van der Waals surface area (Å²) in [5.41, 5.74) is 3.37. The Balaban J connectivity index is 1.75. The van der Waals surface area contributed by atoms with Gasteiger partial charge in [-0.25, -0.2) is 0 Å². The fourth-order valence-corrected chi connectivity index (χ4v) is 3.32. The quantitative estimate of drug-likeness (QED) is 0.657. The smallest absolute Gasteiger partial charge is 0.274 e. The summed E-state index contributed by atoms with van der Waals surface area (Å²) in [6.07, 6.45) is 1.67. The molecule has 3 rings (SSSR count). The Hall–Kier alpha value is -3.14. The predicted molar refractivity (Wildman–Crippen MR) is 114 cm³/mol. The molecular formula is C24H26N2O2. The lowest BCUT2D eigenvalue weighted by atomic mass is 10.1. The van der Waals surface area contributed by atoms with Crippen molar-refractivity contribution in [1.82, 2.24) is 4.57 Å². The van der Waals surface area contributed by atoms with Crippen LogP contribution in [0, 0.1) is 0 Å². The van der Waals surface area contributed by atoms with Gasteiger partial charge in [-0.1, -0.05) is 60.7 Å². The van der Waals surface area contributed by atoms with Crippen LogP contribution in [0.15, 0.2) is 77.6 Å². The summed E-state index contributed by atoms with van der Waals surface area (Å²) in [6, 6.07) is 23.6. The van der Waals surface area contributed by atoms with Gasteiger partial charge in [-0.3, -0.25) is 9.59 Å². The largest absolute Gasteiger partial charge is 0.321 e. The number of pyridine rings is 1. The molecule has 3 aromatic rings. The number of carbonyl (C=O) groups is 1. The highest BCUT2D eigenvalue weighted by atomic mass is 16.2. The van der Waals surface area contributed by atoms with Crippen LogP contribution in [0.25, 0.3) is 0 Å². The van der Waals surface area contributed by atoms with Crippen LogP contribution in [0.1, 0.15) is 43.1 Å². The first-order valence-corrected chi connectivity index (χ1v) is 9.66. The molecule has 4 heteroatoms. The van der Waals surface area contributed by atoms with E-state index in [0.29, 0.717) is 24.9 Å². The lowest BCUT2D eigenvalue weighted by Crippen LogP contribution is -2.29. The van der Waals surface area contributed by atoms with Crippen molar-refractivity contribution in [3.8, 4) is 0 Å². The summed E-state index contributed by atoms with van der Waals surface area (Å²) in [7, 11) is 0. The molecule has 0 saturated heterocycles. The average molecular weight is 374 g/mol. The molecule has 0 saturated carbocycles. The minimum atomic E-state index is -0.156. The van der Waals surface area contributed by atoms with Gasteiger partial charge in [0.25, 0.3) is 5.56 Å². The molecule has 0 spiro atoms. The SMILES string of the molecule is CC(C)n1c(Cc2ccccc2)ccc(NC(=O)CCc2ccccc2)c1=O. The number of benzene rings is 2. The van der Waals surface area contributed by atoms with Crippen molar-refractivity contribution in [2.45, 2.75) is 39.2 Å². The summed E-state index contributed by atoms with van der Waals surface area (Å²) in [4.78, 5) is 25.3. The molecule has 1 N–H and O–H groups in total. The number of nitrogens with zero attached hydrogens (tertiary/aromatic N) is 1. The van der Waals surface area contributed by atoms with Crippen LogP contribution < -0.4 is 10.9 Å². The maximum Gasteiger partial charge on any atom is 0.274 e. The van der Waals surface area contributed by atoms with Gasteiger partial charge in [0, 0.05) is 24.6 Å². The minimum Gasteiger partial charge on any atom is -0.321 e. The van der Waals surface area contributed by atoms with Crippen LogP contribution in [-0.4, -0.2) is 10.5 Å². The summed E-state index contributed by atoms with van der Waals surface area (Å²) in [5.74, 6) is -0.146. The van der Waals surface area contributed by atoms with Crippen molar-refractivity contribution in [2.75, 3.05) is 5.32 Å². The third-order valence-electron chi connectivity index (χ3n) is 4.70. The van der Waals surface area contributed by atoms with E-state index in [1.54, 1.807) is 10.6 Å². The molecular weight excluding hydrogens is 348 g/mol. The highest BCUT2D eigenvalue weighted by Gasteiger charge is 2.14. The first-order valence-electron chi connectivity index (χ1n) is 9.66. The second-order valence-electron chi connectivity index (χ2n) is 7.20. The highest BCUT2D eigenvalue weighted by Crippen LogP contribution is 2.15. The summed E-state index contributed by atoms with van der Waals surface area (Å²) < 4.78 is 1.76. The number of aryl methyl sites for hydroxylation is 1.